The number of esters is 1. The van der Waals surface area contributed by atoms with Gasteiger partial charge in [-0.15, -0.1) is 0 Å². The predicted octanol–water partition coefficient (Wildman–Crippen LogP) is -3.71. The molecule has 0 aromatic heterocycles. The maximum absolute atomic E-state index is 12.2. The van der Waals surface area contributed by atoms with Crippen LogP contribution in [0.25, 0.3) is 0 Å². The van der Waals surface area contributed by atoms with Crippen molar-refractivity contribution in [3.63, 3.8) is 0 Å². The number of carbonyl (C=O) groups is 1. The van der Waals surface area contributed by atoms with E-state index in [2.05, 4.69) is 26.8 Å². The van der Waals surface area contributed by atoms with Crippen molar-refractivity contribution in [3.05, 3.63) is 23.0 Å². The Morgan fingerprint density at radius 1 is 0.640 bits per heavy atom. The van der Waals surface area contributed by atoms with Gasteiger partial charge in [0.05, 0.1) is 37.8 Å². The van der Waals surface area contributed by atoms with Crippen molar-refractivity contribution < 1.29 is 138 Å². The molecule has 0 aromatic carbocycles. The summed E-state index contributed by atoms with van der Waals surface area (Å²) in [4.78, 5) is 12.2. The third kappa shape index (κ3) is 12.6. The average molecular weight is 1240 g/mol. The molecule has 6 aliphatic heterocycles. The first-order chi connectivity index (χ1) is 40.7. The van der Waals surface area contributed by atoms with Crippen LogP contribution in [-0.2, 0) is 61.6 Å². The molecule has 0 bridgehead atoms. The van der Waals surface area contributed by atoms with Crippen LogP contribution in [0.15, 0.2) is 23.0 Å². The fraction of sp³-hybridized carbons (Fsp3) is 0.914. The number of hydrogen-bond acceptors (Lipinski definition) is 28. The smallest absolute Gasteiger partial charge is 0.302 e. The molecule has 0 spiro atoms. The van der Waals surface area contributed by atoms with E-state index in [1.807, 2.05) is 6.92 Å². The monoisotopic (exact) mass is 1240 g/mol. The Labute approximate surface area is 498 Å². The molecule has 10 rings (SSSR count). The summed E-state index contributed by atoms with van der Waals surface area (Å²) in [6.07, 6.45) is -33.4. The zero-order chi connectivity index (χ0) is 62.2. The van der Waals surface area contributed by atoms with Crippen molar-refractivity contribution >= 4 is 5.97 Å². The van der Waals surface area contributed by atoms with E-state index in [4.69, 9.17) is 56.8 Å². The predicted molar refractivity (Wildman–Crippen MR) is 286 cm³/mol. The van der Waals surface area contributed by atoms with Gasteiger partial charge in [-0.25, -0.2) is 0 Å². The zero-order valence-corrected chi connectivity index (χ0v) is 49.3. The summed E-state index contributed by atoms with van der Waals surface area (Å²) >= 11 is 0. The second-order valence-electron chi connectivity index (χ2n) is 26.3. The Bertz CT molecular complexity index is 2360. The van der Waals surface area contributed by atoms with Gasteiger partial charge in [0.15, 0.2) is 37.7 Å². The zero-order valence-electron chi connectivity index (χ0n) is 49.3. The highest BCUT2D eigenvalue weighted by Crippen LogP contribution is 2.69. The highest BCUT2D eigenvalue weighted by molar-refractivity contribution is 5.65. The highest BCUT2D eigenvalue weighted by Gasteiger charge is 2.64. The van der Waals surface area contributed by atoms with Crippen LogP contribution < -0.4 is 0 Å². The van der Waals surface area contributed by atoms with Crippen LogP contribution in [0, 0.1) is 40.4 Å². The Kier molecular flexibility index (Phi) is 20.7. The van der Waals surface area contributed by atoms with Crippen LogP contribution in [0.1, 0.15) is 99.3 Å². The molecule has 0 aromatic rings. The minimum Gasteiger partial charge on any atom is -0.494 e. The number of ether oxygens (including phenoxy) is 12. The van der Waals surface area contributed by atoms with Gasteiger partial charge in [-0.3, -0.25) is 4.79 Å². The van der Waals surface area contributed by atoms with E-state index in [1.165, 1.54) is 18.1 Å². The SMILES string of the molecule is CC(=O)OCC1OC(OC2CCC3(C)C(=CCC4C3CCC3(C)C4CC4OC(CCC(C)COC5OC(CO)C(O)C(O)C5O)=C(C)C43)C2)C(OC2OC(O)C(O)C(O)C2O)C(OC2OC(C)C(OC3OC(CO)C(O)C(O)C3O)C(O)C2O)C1O. The Balaban J connectivity index is 0.829. The number of carbonyl (C=O) groups excluding carboxylic acids is 1. The average Bonchev–Trinajstić information content (AvgIpc) is 1.64. The van der Waals surface area contributed by atoms with Crippen molar-refractivity contribution in [2.45, 2.75) is 265 Å². The fourth-order valence-electron chi connectivity index (χ4n) is 16.0. The van der Waals surface area contributed by atoms with Gasteiger partial charge in [-0.2, -0.15) is 0 Å². The summed E-state index contributed by atoms with van der Waals surface area (Å²) in [5.74, 6) is 1.67. The number of rotatable bonds is 18. The summed E-state index contributed by atoms with van der Waals surface area (Å²) in [7, 11) is 0. The van der Waals surface area contributed by atoms with E-state index in [9.17, 15) is 81.4 Å². The van der Waals surface area contributed by atoms with E-state index in [0.29, 0.717) is 43.4 Å². The molecule has 28 heteroatoms. The molecule has 34 atom stereocenters. The molecule has 3 saturated carbocycles. The third-order valence-electron chi connectivity index (χ3n) is 21.0. The molecule has 34 unspecified atom stereocenters. The largest absolute Gasteiger partial charge is 0.494 e. The minimum absolute atomic E-state index is 0.00511. The normalized spacial score (nSPS) is 51.6. The fourth-order valence-corrected chi connectivity index (χ4v) is 16.0. The lowest BCUT2D eigenvalue weighted by Crippen LogP contribution is -2.67. The van der Waals surface area contributed by atoms with Crippen LogP contribution in [0.2, 0.25) is 0 Å². The molecular formula is C58H92O28. The summed E-state index contributed by atoms with van der Waals surface area (Å²) < 4.78 is 72.1. The minimum atomic E-state index is -2.07. The van der Waals surface area contributed by atoms with Crippen LogP contribution in [0.3, 0.4) is 0 Å². The number of aliphatic hydroxyl groups is 15. The van der Waals surface area contributed by atoms with E-state index in [-0.39, 0.29) is 35.4 Å². The molecular weight excluding hydrogens is 1140 g/mol. The standard InChI is InChI=1S/C58H92O28/c1-21(19-76-52-44(70)39(65)36(62)32(17-59)80-52)7-10-30-22(2)35-31(79-30)16-29-27-9-8-25-15-26(11-13-57(25,5)28(27)12-14-58(29,35)6)78-56-50(85-55-46(72)41(67)43(69)51(74)86-55)49(38(64)34(82-56)20-75-24(4)61)84-53-47(73)42(68)48(23(3)77-53)83-54-45(71)40(66)37(63)33(18-60)81-54/h8,21,23,26-29,31-56,59-60,62-74H,7,9-20H2,1-6H3. The van der Waals surface area contributed by atoms with E-state index >= 15 is 0 Å². The second kappa shape index (κ2) is 26.8. The number of fused-ring (bicyclic) bond motifs is 7. The maximum atomic E-state index is 12.2. The second-order valence-corrected chi connectivity index (χ2v) is 26.3. The van der Waals surface area contributed by atoms with E-state index in [1.54, 1.807) is 0 Å². The molecule has 8 fully saturated rings. The lowest BCUT2D eigenvalue weighted by molar-refractivity contribution is -0.407. The summed E-state index contributed by atoms with van der Waals surface area (Å²) in [5.41, 5.74) is 2.26. The van der Waals surface area contributed by atoms with Crippen molar-refractivity contribution in [1.82, 2.24) is 0 Å². The van der Waals surface area contributed by atoms with Crippen molar-refractivity contribution in [2.75, 3.05) is 26.4 Å². The quantitative estimate of drug-likeness (QED) is 0.0464. The van der Waals surface area contributed by atoms with Gasteiger partial charge in [0.25, 0.3) is 0 Å². The molecule has 86 heavy (non-hydrogen) atoms. The first-order valence-corrected chi connectivity index (χ1v) is 30.5. The van der Waals surface area contributed by atoms with Gasteiger partial charge in [0.2, 0.25) is 0 Å². The maximum Gasteiger partial charge on any atom is 0.302 e. The molecule has 0 amide bonds. The summed E-state index contributed by atoms with van der Waals surface area (Å²) in [6, 6.07) is 0. The molecule has 492 valence electrons. The highest BCUT2D eigenvalue weighted by atomic mass is 16.8. The number of allylic oxidation sites excluding steroid dienone is 2. The number of hydrogen-bond donors (Lipinski definition) is 15. The number of aliphatic hydroxyl groups excluding tert-OH is 15. The van der Waals surface area contributed by atoms with Crippen LogP contribution in [-0.4, -0.2) is 275 Å². The van der Waals surface area contributed by atoms with Gasteiger partial charge >= 0.3 is 5.97 Å². The molecule has 5 saturated heterocycles. The van der Waals surface area contributed by atoms with E-state index < -0.39 is 186 Å². The van der Waals surface area contributed by atoms with Crippen LogP contribution in [0.5, 0.6) is 0 Å². The molecule has 6 heterocycles. The topological polar surface area (TPSA) is 431 Å². The third-order valence-corrected chi connectivity index (χ3v) is 21.0. The molecule has 4 aliphatic carbocycles. The molecule has 28 nitrogen and oxygen atoms in total. The van der Waals surface area contributed by atoms with Gasteiger partial charge in [0.1, 0.15) is 123 Å². The Morgan fingerprint density at radius 2 is 1.22 bits per heavy atom. The van der Waals surface area contributed by atoms with Crippen molar-refractivity contribution in [2.24, 2.45) is 40.4 Å². The Morgan fingerprint density at radius 3 is 1.88 bits per heavy atom. The molecule has 10 aliphatic rings. The molecule has 15 N–H and O–H groups in total. The first-order valence-electron chi connectivity index (χ1n) is 30.5. The van der Waals surface area contributed by atoms with Crippen molar-refractivity contribution in [1.29, 1.82) is 0 Å². The van der Waals surface area contributed by atoms with Crippen molar-refractivity contribution in [3.8, 4) is 0 Å². The molecule has 0 radical (unpaired) electrons. The lowest BCUT2D eigenvalue weighted by atomic mass is 9.47. The summed E-state index contributed by atoms with van der Waals surface area (Å²) in [6.45, 7) is 9.86. The van der Waals surface area contributed by atoms with E-state index in [0.717, 1.165) is 44.8 Å². The van der Waals surface area contributed by atoms with Crippen LogP contribution in [0.4, 0.5) is 0 Å². The first kappa shape index (κ1) is 66.7. The Hall–Kier alpha value is -2.25. The van der Waals surface area contributed by atoms with Gasteiger partial charge in [-0.1, -0.05) is 32.4 Å². The summed E-state index contributed by atoms with van der Waals surface area (Å²) in [5, 5.41) is 160. The van der Waals surface area contributed by atoms with Crippen LogP contribution >= 0.6 is 0 Å². The van der Waals surface area contributed by atoms with Gasteiger partial charge < -0.3 is 133 Å². The lowest BCUT2D eigenvalue weighted by Gasteiger charge is -2.58. The van der Waals surface area contributed by atoms with Gasteiger partial charge in [0, 0.05) is 19.3 Å². The van der Waals surface area contributed by atoms with Gasteiger partial charge in [-0.05, 0) is 105 Å².